The van der Waals surface area contributed by atoms with Crippen LogP contribution in [0.2, 0.25) is 0 Å². The Morgan fingerprint density at radius 3 is 2.67 bits per heavy atom. The van der Waals surface area contributed by atoms with Crippen LogP contribution in [0, 0.1) is 6.92 Å². The van der Waals surface area contributed by atoms with Crippen molar-refractivity contribution in [3.8, 4) is 0 Å². The molecule has 1 nitrogen and oxygen atoms in total. The van der Waals surface area contributed by atoms with Crippen LogP contribution in [0.1, 0.15) is 37.8 Å². The molecule has 1 aromatic carbocycles. The maximum atomic E-state index is 2.57. The molecule has 0 N–H and O–H groups in total. The summed E-state index contributed by atoms with van der Waals surface area (Å²) in [5.74, 6) is 0.534. The molecule has 0 saturated carbocycles. The molecule has 0 bridgehead atoms. The lowest BCUT2D eigenvalue weighted by Gasteiger charge is -2.33. The van der Waals surface area contributed by atoms with E-state index in [1.54, 1.807) is 0 Å². The highest BCUT2D eigenvalue weighted by Crippen LogP contribution is 2.45. The predicted molar refractivity (Wildman–Crippen MR) is 78.2 cm³/mol. The van der Waals surface area contributed by atoms with Crippen molar-refractivity contribution in [3.05, 3.63) is 53.1 Å². The minimum Gasteiger partial charge on any atom is -0.361 e. The van der Waals surface area contributed by atoms with Crippen LogP contribution < -0.4 is 4.90 Å². The lowest BCUT2D eigenvalue weighted by atomic mass is 9.89. The lowest BCUT2D eigenvalue weighted by molar-refractivity contribution is 0.607. The van der Waals surface area contributed by atoms with E-state index in [0.29, 0.717) is 18.0 Å². The molecular weight excluding hydrogens is 218 g/mol. The summed E-state index contributed by atoms with van der Waals surface area (Å²) in [5.41, 5.74) is 5.64. The second-order valence-corrected chi connectivity index (χ2v) is 5.85. The first-order valence-electron chi connectivity index (χ1n) is 6.83. The number of hydrogen-bond acceptors (Lipinski definition) is 1. The maximum absolute atomic E-state index is 2.57. The van der Waals surface area contributed by atoms with E-state index >= 15 is 0 Å². The molecule has 18 heavy (non-hydrogen) atoms. The quantitative estimate of drug-likeness (QED) is 0.710. The second kappa shape index (κ2) is 4.01. The molecule has 0 saturated heterocycles. The third-order valence-corrected chi connectivity index (χ3v) is 4.07. The first kappa shape index (κ1) is 11.6. The molecule has 0 spiro atoms. The average molecular weight is 239 g/mol. The summed E-state index contributed by atoms with van der Waals surface area (Å²) in [4.78, 5) is 2.57. The van der Waals surface area contributed by atoms with Crippen molar-refractivity contribution < 1.29 is 0 Å². The van der Waals surface area contributed by atoms with Gasteiger partial charge in [0.25, 0.3) is 0 Å². The fourth-order valence-corrected chi connectivity index (χ4v) is 3.28. The monoisotopic (exact) mass is 239 g/mol. The average Bonchev–Trinajstić information content (AvgIpc) is 2.60. The van der Waals surface area contributed by atoms with Crippen LogP contribution in [0.15, 0.2) is 42.0 Å². The van der Waals surface area contributed by atoms with Crippen molar-refractivity contribution in [1.82, 2.24) is 0 Å². The zero-order valence-electron chi connectivity index (χ0n) is 11.6. The zero-order valence-corrected chi connectivity index (χ0v) is 11.6. The molecule has 2 unspecified atom stereocenters. The highest BCUT2D eigenvalue weighted by molar-refractivity contribution is 5.67. The largest absolute Gasteiger partial charge is 0.361 e. The number of aryl methyl sites for hydroxylation is 1. The van der Waals surface area contributed by atoms with Gasteiger partial charge in [0.05, 0.1) is 6.04 Å². The van der Waals surface area contributed by atoms with Gasteiger partial charge in [-0.1, -0.05) is 35.9 Å². The summed E-state index contributed by atoms with van der Waals surface area (Å²) in [6.07, 6.45) is 7.05. The van der Waals surface area contributed by atoms with E-state index in [4.69, 9.17) is 0 Å². The van der Waals surface area contributed by atoms with Gasteiger partial charge in [-0.25, -0.2) is 0 Å². The molecule has 0 amide bonds. The fourth-order valence-electron chi connectivity index (χ4n) is 3.28. The Hall–Kier alpha value is -1.50. The van der Waals surface area contributed by atoms with Gasteiger partial charge in [0.1, 0.15) is 0 Å². The molecule has 3 rings (SSSR count). The van der Waals surface area contributed by atoms with Gasteiger partial charge in [-0.15, -0.1) is 0 Å². The summed E-state index contributed by atoms with van der Waals surface area (Å²) in [5, 5.41) is 0. The Labute approximate surface area is 110 Å². The number of hydrogen-bond donors (Lipinski definition) is 0. The van der Waals surface area contributed by atoms with Crippen LogP contribution in [-0.4, -0.2) is 12.1 Å². The van der Waals surface area contributed by atoms with Crippen LogP contribution in [0.3, 0.4) is 0 Å². The molecule has 1 aromatic rings. The lowest BCUT2D eigenvalue weighted by Crippen LogP contribution is -2.38. The van der Waals surface area contributed by atoms with Crippen molar-refractivity contribution >= 4 is 5.69 Å². The standard InChI is InChI=1S/C17H21N/c1-11(2)18-16-9-12(3)5-7-14(16)15-8-6-13(4)10-17(15)18/h5-11,14,16H,1-4H3. The van der Waals surface area contributed by atoms with Crippen LogP contribution in [0.5, 0.6) is 0 Å². The molecule has 0 radical (unpaired) electrons. The van der Waals surface area contributed by atoms with Gasteiger partial charge in [-0.2, -0.15) is 0 Å². The van der Waals surface area contributed by atoms with Crippen LogP contribution in [0.4, 0.5) is 5.69 Å². The predicted octanol–water partition coefficient (Wildman–Crippen LogP) is 4.19. The van der Waals surface area contributed by atoms with Gasteiger partial charge in [0.15, 0.2) is 0 Å². The van der Waals surface area contributed by atoms with Gasteiger partial charge >= 0.3 is 0 Å². The van der Waals surface area contributed by atoms with E-state index in [1.165, 1.54) is 22.4 Å². The SMILES string of the molecule is CC1=CC2C(C=C1)c1ccc(C)cc1N2C(C)C. The number of anilines is 1. The van der Waals surface area contributed by atoms with E-state index in [-0.39, 0.29) is 0 Å². The molecule has 2 atom stereocenters. The van der Waals surface area contributed by atoms with Crippen molar-refractivity contribution in [1.29, 1.82) is 0 Å². The van der Waals surface area contributed by atoms with Gasteiger partial charge in [0, 0.05) is 17.6 Å². The second-order valence-electron chi connectivity index (χ2n) is 5.85. The normalized spacial score (nSPS) is 25.2. The Balaban J connectivity index is 2.15. The molecule has 94 valence electrons. The Kier molecular flexibility index (Phi) is 2.58. The molecular formula is C17H21N. The summed E-state index contributed by atoms with van der Waals surface area (Å²) < 4.78 is 0. The molecule has 1 aliphatic heterocycles. The highest BCUT2D eigenvalue weighted by Gasteiger charge is 2.37. The Morgan fingerprint density at radius 2 is 1.94 bits per heavy atom. The van der Waals surface area contributed by atoms with Crippen molar-refractivity contribution in [2.24, 2.45) is 0 Å². The third-order valence-electron chi connectivity index (χ3n) is 4.07. The van der Waals surface area contributed by atoms with Crippen molar-refractivity contribution in [2.45, 2.75) is 45.7 Å². The van der Waals surface area contributed by atoms with E-state index in [9.17, 15) is 0 Å². The summed E-state index contributed by atoms with van der Waals surface area (Å²) in [6.45, 7) is 8.95. The summed E-state index contributed by atoms with van der Waals surface area (Å²) in [7, 11) is 0. The molecule has 1 aliphatic carbocycles. The van der Waals surface area contributed by atoms with Gasteiger partial charge in [0.2, 0.25) is 0 Å². The Morgan fingerprint density at radius 1 is 1.17 bits per heavy atom. The molecule has 1 heteroatoms. The zero-order chi connectivity index (χ0) is 12.9. The minimum absolute atomic E-state index is 0.506. The number of nitrogens with zero attached hydrogens (tertiary/aromatic N) is 1. The molecule has 0 fully saturated rings. The third kappa shape index (κ3) is 1.61. The van der Waals surface area contributed by atoms with Gasteiger partial charge in [-0.3, -0.25) is 0 Å². The molecule has 0 aromatic heterocycles. The fraction of sp³-hybridized carbons (Fsp3) is 0.412. The van der Waals surface area contributed by atoms with E-state index in [1.807, 2.05) is 0 Å². The number of fused-ring (bicyclic) bond motifs is 3. The maximum Gasteiger partial charge on any atom is 0.0585 e. The topological polar surface area (TPSA) is 3.24 Å². The van der Waals surface area contributed by atoms with E-state index in [2.05, 4.69) is 69.0 Å². The summed E-state index contributed by atoms with van der Waals surface area (Å²) >= 11 is 0. The van der Waals surface area contributed by atoms with Crippen LogP contribution in [-0.2, 0) is 0 Å². The molecule has 1 heterocycles. The smallest absolute Gasteiger partial charge is 0.0585 e. The van der Waals surface area contributed by atoms with E-state index in [0.717, 1.165) is 0 Å². The molecule has 2 aliphatic rings. The first-order valence-corrected chi connectivity index (χ1v) is 6.83. The van der Waals surface area contributed by atoms with Crippen LogP contribution >= 0.6 is 0 Å². The van der Waals surface area contributed by atoms with E-state index < -0.39 is 0 Å². The van der Waals surface area contributed by atoms with Gasteiger partial charge in [-0.05, 0) is 44.9 Å². The van der Waals surface area contributed by atoms with Crippen molar-refractivity contribution in [2.75, 3.05) is 4.90 Å². The first-order chi connectivity index (χ1) is 8.58. The Bertz CT molecular complexity index is 537. The number of allylic oxidation sites excluding steroid dienone is 2. The van der Waals surface area contributed by atoms with Crippen LogP contribution in [0.25, 0.3) is 0 Å². The van der Waals surface area contributed by atoms with Gasteiger partial charge < -0.3 is 4.90 Å². The van der Waals surface area contributed by atoms with Crippen molar-refractivity contribution in [3.63, 3.8) is 0 Å². The number of rotatable bonds is 1. The number of benzene rings is 1. The highest BCUT2D eigenvalue weighted by atomic mass is 15.2. The summed E-state index contributed by atoms with van der Waals surface area (Å²) in [6, 6.07) is 7.93. The minimum atomic E-state index is 0.506.